The monoisotopic (exact) mass is 558 g/mol. The van der Waals surface area contributed by atoms with Crippen LogP contribution in [0.2, 0.25) is 0 Å². The summed E-state index contributed by atoms with van der Waals surface area (Å²) in [6.07, 6.45) is 4.36. The lowest BCUT2D eigenvalue weighted by Gasteiger charge is -2.32. The molecule has 5 rings (SSSR count). The molecule has 2 aromatic carbocycles. The number of nitrogens with one attached hydrogen (secondary N) is 1. The molecular formula is C31H38N6O4. The molecule has 0 atom stereocenters. The number of nitrogens with zero attached hydrogens (tertiary/aromatic N) is 5. The zero-order valence-electron chi connectivity index (χ0n) is 23.8. The van der Waals surface area contributed by atoms with Crippen LogP contribution in [0.15, 0.2) is 48.7 Å². The third-order valence-corrected chi connectivity index (χ3v) is 7.41. The van der Waals surface area contributed by atoms with Gasteiger partial charge in [-0.25, -0.2) is 9.97 Å². The van der Waals surface area contributed by atoms with Crippen molar-refractivity contribution in [3.05, 3.63) is 54.2 Å². The first-order valence-electron chi connectivity index (χ1n) is 14.2. The van der Waals surface area contributed by atoms with E-state index in [2.05, 4.69) is 38.2 Å². The van der Waals surface area contributed by atoms with Crippen molar-refractivity contribution in [1.82, 2.24) is 19.8 Å². The van der Waals surface area contributed by atoms with Crippen molar-refractivity contribution in [3.8, 4) is 34.6 Å². The van der Waals surface area contributed by atoms with Crippen LogP contribution >= 0.6 is 0 Å². The first-order chi connectivity index (χ1) is 20.1. The lowest BCUT2D eigenvalue weighted by Crippen LogP contribution is -2.44. The van der Waals surface area contributed by atoms with E-state index in [9.17, 15) is 5.26 Å². The maximum Gasteiger partial charge on any atom is 0.227 e. The number of methoxy groups -OCH3 is 1. The summed E-state index contributed by atoms with van der Waals surface area (Å²) in [5, 5.41) is 13.0. The Morgan fingerprint density at radius 2 is 1.83 bits per heavy atom. The van der Waals surface area contributed by atoms with Gasteiger partial charge in [0.15, 0.2) is 11.5 Å². The summed E-state index contributed by atoms with van der Waals surface area (Å²) in [5.41, 5.74) is 2.76. The number of hydrogen-bond donors (Lipinski definition) is 1. The Morgan fingerprint density at radius 3 is 2.61 bits per heavy atom. The third kappa shape index (κ3) is 7.85. The molecule has 1 N–H and O–H groups in total. The highest BCUT2D eigenvalue weighted by Crippen LogP contribution is 2.32. The van der Waals surface area contributed by atoms with Crippen LogP contribution < -0.4 is 19.5 Å². The van der Waals surface area contributed by atoms with Crippen LogP contribution in [0.3, 0.4) is 0 Å². The highest BCUT2D eigenvalue weighted by molar-refractivity contribution is 5.66. The highest BCUT2D eigenvalue weighted by Gasteiger charge is 2.18. The molecule has 2 saturated heterocycles. The van der Waals surface area contributed by atoms with Gasteiger partial charge in [-0.05, 0) is 49.9 Å². The van der Waals surface area contributed by atoms with Crippen LogP contribution in [-0.4, -0.2) is 92.6 Å². The van der Waals surface area contributed by atoms with Gasteiger partial charge in [-0.15, -0.1) is 0 Å². The number of benzene rings is 2. The molecule has 2 aliphatic heterocycles. The molecule has 0 amide bonds. The first-order valence-corrected chi connectivity index (χ1v) is 14.2. The van der Waals surface area contributed by atoms with E-state index in [-0.39, 0.29) is 6.10 Å². The van der Waals surface area contributed by atoms with E-state index in [1.807, 2.05) is 36.4 Å². The molecular weight excluding hydrogens is 520 g/mol. The highest BCUT2D eigenvalue weighted by atomic mass is 16.5. The molecule has 2 fully saturated rings. The summed E-state index contributed by atoms with van der Waals surface area (Å²) < 4.78 is 23.1. The number of nitriles is 1. The maximum atomic E-state index is 9.75. The third-order valence-electron chi connectivity index (χ3n) is 7.41. The van der Waals surface area contributed by atoms with Crippen molar-refractivity contribution in [3.63, 3.8) is 0 Å². The van der Waals surface area contributed by atoms with Crippen LogP contribution in [0.25, 0.3) is 11.3 Å². The van der Waals surface area contributed by atoms with Crippen LogP contribution in [0.4, 0.5) is 11.6 Å². The lowest BCUT2D eigenvalue weighted by molar-refractivity contribution is 0.0254. The fraction of sp³-hybridized carbons (Fsp3) is 0.452. The Hall–Kier alpha value is -3.91. The average Bonchev–Trinajstić information content (AvgIpc) is 3.01. The van der Waals surface area contributed by atoms with Gasteiger partial charge in [0, 0.05) is 69.1 Å². The number of aromatic nitrogens is 2. The van der Waals surface area contributed by atoms with E-state index in [4.69, 9.17) is 18.9 Å². The second kappa shape index (κ2) is 14.1. The molecule has 0 saturated carbocycles. The van der Waals surface area contributed by atoms with E-state index < -0.39 is 0 Å². The molecule has 10 heteroatoms. The Bertz CT molecular complexity index is 1330. The number of hydrogen-bond acceptors (Lipinski definition) is 10. The molecule has 0 spiro atoms. The van der Waals surface area contributed by atoms with Crippen LogP contribution in [0.5, 0.6) is 17.2 Å². The molecule has 3 aromatic rings. The van der Waals surface area contributed by atoms with Crippen LogP contribution in [-0.2, 0) is 4.74 Å². The quantitative estimate of drug-likeness (QED) is 0.342. The Balaban J connectivity index is 1.19. The van der Waals surface area contributed by atoms with E-state index in [1.165, 1.54) is 0 Å². The van der Waals surface area contributed by atoms with Crippen molar-refractivity contribution in [1.29, 1.82) is 5.26 Å². The smallest absolute Gasteiger partial charge is 0.227 e. The Kier molecular flexibility index (Phi) is 9.86. The minimum atomic E-state index is 0.0624. The average molecular weight is 559 g/mol. The van der Waals surface area contributed by atoms with Crippen molar-refractivity contribution in [2.75, 3.05) is 72.0 Å². The van der Waals surface area contributed by atoms with Crippen molar-refractivity contribution >= 4 is 11.6 Å². The molecule has 1 aromatic heterocycles. The summed E-state index contributed by atoms with van der Waals surface area (Å²) in [6.45, 7) is 7.48. The van der Waals surface area contributed by atoms with Crippen LogP contribution in [0, 0.1) is 11.3 Å². The SMILES string of the molecule is COc1cc(Nc2nccc(-c3ccc(OC4CCOCC4)c(C#N)c3)n2)ccc1OCCCN1CCN(C)CC1. The van der Waals surface area contributed by atoms with Gasteiger partial charge in [0.1, 0.15) is 17.9 Å². The fourth-order valence-electron chi connectivity index (χ4n) is 4.97. The predicted octanol–water partition coefficient (Wildman–Crippen LogP) is 4.34. The predicted molar refractivity (Wildman–Crippen MR) is 157 cm³/mol. The zero-order valence-corrected chi connectivity index (χ0v) is 23.8. The van der Waals surface area contributed by atoms with E-state index in [0.717, 1.165) is 63.2 Å². The topological polar surface area (TPSA) is 105 Å². The van der Waals surface area contributed by atoms with Gasteiger partial charge < -0.3 is 34.1 Å². The van der Waals surface area contributed by atoms with E-state index in [1.54, 1.807) is 19.4 Å². The van der Waals surface area contributed by atoms with Gasteiger partial charge in [-0.2, -0.15) is 5.26 Å². The zero-order chi connectivity index (χ0) is 28.4. The molecule has 10 nitrogen and oxygen atoms in total. The minimum absolute atomic E-state index is 0.0624. The van der Waals surface area contributed by atoms with Gasteiger partial charge >= 0.3 is 0 Å². The number of ether oxygens (including phenoxy) is 4. The van der Waals surface area contributed by atoms with Gasteiger partial charge in [0.2, 0.25) is 5.95 Å². The van der Waals surface area contributed by atoms with Gasteiger partial charge in [0.25, 0.3) is 0 Å². The first kappa shape index (κ1) is 28.6. The largest absolute Gasteiger partial charge is 0.493 e. The minimum Gasteiger partial charge on any atom is -0.493 e. The molecule has 0 bridgehead atoms. The lowest BCUT2D eigenvalue weighted by atomic mass is 10.1. The summed E-state index contributed by atoms with van der Waals surface area (Å²) in [7, 11) is 3.80. The number of anilines is 2. The standard InChI is InChI=1S/C31H38N6O4/c1-36-13-15-37(16-14-36)12-3-17-40-29-7-5-25(21-30(29)38-2)34-31-33-11-8-27(35-31)23-4-6-28(24(20-23)22-32)41-26-9-18-39-19-10-26/h4-8,11,20-21,26H,3,9-10,12-19H2,1-2H3,(H,33,34,35). The summed E-state index contributed by atoms with van der Waals surface area (Å²) >= 11 is 0. The Morgan fingerprint density at radius 1 is 1.02 bits per heavy atom. The molecule has 3 heterocycles. The van der Waals surface area contributed by atoms with Gasteiger partial charge in [0.05, 0.1) is 38.2 Å². The van der Waals surface area contributed by atoms with Crippen LogP contribution in [0.1, 0.15) is 24.8 Å². The second-order valence-corrected chi connectivity index (χ2v) is 10.4. The summed E-state index contributed by atoms with van der Waals surface area (Å²) in [5.74, 6) is 2.37. The number of piperazine rings is 1. The Labute approximate surface area is 241 Å². The van der Waals surface area contributed by atoms with Crippen molar-refractivity contribution in [2.45, 2.75) is 25.4 Å². The van der Waals surface area contributed by atoms with E-state index in [0.29, 0.717) is 54.3 Å². The molecule has 0 aliphatic carbocycles. The van der Waals surface area contributed by atoms with Crippen molar-refractivity contribution in [2.24, 2.45) is 0 Å². The molecule has 0 radical (unpaired) electrons. The van der Waals surface area contributed by atoms with E-state index >= 15 is 0 Å². The molecule has 216 valence electrons. The number of rotatable bonds is 11. The van der Waals surface area contributed by atoms with Gasteiger partial charge in [-0.1, -0.05) is 0 Å². The summed E-state index contributed by atoms with van der Waals surface area (Å²) in [4.78, 5) is 13.9. The van der Waals surface area contributed by atoms with Gasteiger partial charge in [-0.3, -0.25) is 0 Å². The molecule has 0 unspecified atom stereocenters. The fourth-order valence-corrected chi connectivity index (χ4v) is 4.97. The maximum absolute atomic E-state index is 9.75. The molecule has 41 heavy (non-hydrogen) atoms. The normalized spacial score (nSPS) is 16.6. The number of likely N-dealkylation sites (N-methyl/N-ethyl adjacent to an activating group) is 1. The summed E-state index contributed by atoms with van der Waals surface area (Å²) in [6, 6.07) is 15.3. The second-order valence-electron chi connectivity index (χ2n) is 10.4. The molecule has 2 aliphatic rings. The van der Waals surface area contributed by atoms with Crippen molar-refractivity contribution < 1.29 is 18.9 Å².